The minimum atomic E-state index is -0.289. The van der Waals surface area contributed by atoms with Gasteiger partial charge in [-0.25, -0.2) is 9.97 Å². The minimum absolute atomic E-state index is 0.0409. The maximum atomic E-state index is 12.4. The molecule has 23 heavy (non-hydrogen) atoms. The highest BCUT2D eigenvalue weighted by atomic mass is 16.2. The van der Waals surface area contributed by atoms with E-state index < -0.39 is 0 Å². The molecule has 2 heterocycles. The Kier molecular flexibility index (Phi) is 4.59. The zero-order valence-electron chi connectivity index (χ0n) is 13.8. The highest BCUT2D eigenvalue weighted by molar-refractivity contribution is 5.89. The molecule has 1 aliphatic carbocycles. The lowest BCUT2D eigenvalue weighted by Gasteiger charge is -2.24. The van der Waals surface area contributed by atoms with Crippen LogP contribution >= 0.6 is 0 Å². The van der Waals surface area contributed by atoms with Crippen molar-refractivity contribution in [2.24, 2.45) is 5.92 Å². The number of carbonyl (C=O) groups is 2. The molecule has 6 nitrogen and oxygen atoms in total. The Hall–Kier alpha value is -1.98. The third kappa shape index (κ3) is 3.86. The Bertz CT molecular complexity index is 592. The van der Waals surface area contributed by atoms with E-state index in [0.717, 1.165) is 42.9 Å². The predicted octanol–water partition coefficient (Wildman–Crippen LogP) is 1.15. The average Bonchev–Trinajstić information content (AvgIpc) is 3.22. The normalized spacial score (nSPS) is 20.6. The fourth-order valence-electron chi connectivity index (χ4n) is 3.19. The molecule has 0 aromatic carbocycles. The number of aryl methyl sites for hydroxylation is 2. The predicted molar refractivity (Wildman–Crippen MR) is 85.7 cm³/mol. The zero-order valence-corrected chi connectivity index (χ0v) is 13.8. The summed E-state index contributed by atoms with van der Waals surface area (Å²) in [4.78, 5) is 35.1. The Morgan fingerprint density at radius 3 is 2.57 bits per heavy atom. The third-order valence-electron chi connectivity index (χ3n) is 4.44. The van der Waals surface area contributed by atoms with Crippen LogP contribution in [0, 0.1) is 19.8 Å². The van der Waals surface area contributed by atoms with E-state index in [1.165, 1.54) is 0 Å². The van der Waals surface area contributed by atoms with E-state index in [9.17, 15) is 9.59 Å². The molecule has 2 fully saturated rings. The molecule has 1 saturated carbocycles. The van der Waals surface area contributed by atoms with Crippen molar-refractivity contribution >= 4 is 11.8 Å². The van der Waals surface area contributed by atoms with Gasteiger partial charge >= 0.3 is 0 Å². The Balaban J connectivity index is 1.51. The SMILES string of the molecule is Cc1cc(C)nc(CCNC(=O)[C@@H]2CCCN2C(=O)C2CC2)n1. The molecule has 1 atom stereocenters. The Labute approximate surface area is 136 Å². The van der Waals surface area contributed by atoms with E-state index in [4.69, 9.17) is 0 Å². The van der Waals surface area contributed by atoms with E-state index in [1.54, 1.807) is 4.90 Å². The van der Waals surface area contributed by atoms with Crippen LogP contribution in [0.4, 0.5) is 0 Å². The van der Waals surface area contributed by atoms with E-state index >= 15 is 0 Å². The van der Waals surface area contributed by atoms with Crippen molar-refractivity contribution in [2.45, 2.75) is 52.0 Å². The number of hydrogen-bond donors (Lipinski definition) is 1. The number of rotatable bonds is 5. The van der Waals surface area contributed by atoms with Crippen molar-refractivity contribution in [3.05, 3.63) is 23.3 Å². The van der Waals surface area contributed by atoms with Crippen LogP contribution in [0.15, 0.2) is 6.07 Å². The van der Waals surface area contributed by atoms with Crippen molar-refractivity contribution in [2.75, 3.05) is 13.1 Å². The maximum absolute atomic E-state index is 12.4. The molecule has 3 rings (SSSR count). The van der Waals surface area contributed by atoms with Gasteiger partial charge in [0.1, 0.15) is 11.9 Å². The number of aromatic nitrogens is 2. The van der Waals surface area contributed by atoms with Gasteiger partial charge in [0.25, 0.3) is 0 Å². The van der Waals surface area contributed by atoms with Crippen molar-refractivity contribution in [3.8, 4) is 0 Å². The summed E-state index contributed by atoms with van der Waals surface area (Å²) in [7, 11) is 0. The number of hydrogen-bond acceptors (Lipinski definition) is 4. The number of carbonyl (C=O) groups excluding carboxylic acids is 2. The van der Waals surface area contributed by atoms with Crippen LogP contribution in [0.5, 0.6) is 0 Å². The molecule has 2 amide bonds. The largest absolute Gasteiger partial charge is 0.354 e. The fraction of sp³-hybridized carbons (Fsp3) is 0.647. The molecule has 0 spiro atoms. The molecule has 1 aliphatic heterocycles. The summed E-state index contributed by atoms with van der Waals surface area (Å²) in [5.41, 5.74) is 1.88. The second-order valence-corrected chi connectivity index (χ2v) is 6.57. The van der Waals surface area contributed by atoms with Crippen LogP contribution in [0.1, 0.15) is 42.9 Å². The van der Waals surface area contributed by atoms with Crippen LogP contribution in [0.2, 0.25) is 0 Å². The van der Waals surface area contributed by atoms with E-state index in [1.807, 2.05) is 19.9 Å². The quantitative estimate of drug-likeness (QED) is 0.884. The summed E-state index contributed by atoms with van der Waals surface area (Å²) < 4.78 is 0. The zero-order chi connectivity index (χ0) is 16.4. The van der Waals surface area contributed by atoms with Gasteiger partial charge in [-0.05, 0) is 45.6 Å². The molecule has 1 saturated heterocycles. The Morgan fingerprint density at radius 2 is 1.91 bits per heavy atom. The first-order chi connectivity index (χ1) is 11.0. The summed E-state index contributed by atoms with van der Waals surface area (Å²) in [5.74, 6) is 1.05. The summed E-state index contributed by atoms with van der Waals surface area (Å²) >= 11 is 0. The molecule has 1 aromatic heterocycles. The van der Waals surface area contributed by atoms with Gasteiger partial charge in [0.2, 0.25) is 11.8 Å². The monoisotopic (exact) mass is 316 g/mol. The van der Waals surface area contributed by atoms with E-state index in [-0.39, 0.29) is 23.8 Å². The number of amides is 2. The van der Waals surface area contributed by atoms with Gasteiger partial charge < -0.3 is 10.2 Å². The van der Waals surface area contributed by atoms with Crippen molar-refractivity contribution in [1.82, 2.24) is 20.2 Å². The summed E-state index contributed by atoms with van der Waals surface area (Å²) in [6.45, 7) is 5.10. The van der Waals surface area contributed by atoms with E-state index in [0.29, 0.717) is 19.5 Å². The highest BCUT2D eigenvalue weighted by Crippen LogP contribution is 2.33. The second kappa shape index (κ2) is 6.64. The van der Waals surface area contributed by atoms with Gasteiger partial charge in [-0.2, -0.15) is 0 Å². The van der Waals surface area contributed by atoms with Gasteiger partial charge in [-0.3, -0.25) is 9.59 Å². The lowest BCUT2D eigenvalue weighted by Crippen LogP contribution is -2.46. The highest BCUT2D eigenvalue weighted by Gasteiger charge is 2.40. The molecule has 0 bridgehead atoms. The van der Waals surface area contributed by atoms with Gasteiger partial charge in [0.15, 0.2) is 0 Å². The third-order valence-corrected chi connectivity index (χ3v) is 4.44. The van der Waals surface area contributed by atoms with Crippen molar-refractivity contribution < 1.29 is 9.59 Å². The summed E-state index contributed by atoms with van der Waals surface area (Å²) in [6.07, 6.45) is 4.25. The van der Waals surface area contributed by atoms with Gasteiger partial charge in [0, 0.05) is 36.8 Å². The molecule has 124 valence electrons. The lowest BCUT2D eigenvalue weighted by atomic mass is 10.2. The molecule has 1 N–H and O–H groups in total. The molecule has 0 unspecified atom stereocenters. The summed E-state index contributed by atoms with van der Waals surface area (Å²) in [6, 6.07) is 1.64. The van der Waals surface area contributed by atoms with Crippen LogP contribution in [-0.4, -0.2) is 45.8 Å². The molecular formula is C17H24N4O2. The molecule has 2 aliphatic rings. The van der Waals surface area contributed by atoms with Gasteiger partial charge in [0.05, 0.1) is 0 Å². The standard InChI is InChI=1S/C17H24N4O2/c1-11-10-12(2)20-15(19-11)7-8-18-16(22)14-4-3-9-21(14)17(23)13-5-6-13/h10,13-14H,3-9H2,1-2H3,(H,18,22)/t14-/m0/s1. The van der Waals surface area contributed by atoms with Crippen LogP contribution in [0.25, 0.3) is 0 Å². The fourth-order valence-corrected chi connectivity index (χ4v) is 3.19. The molecule has 1 aromatic rings. The minimum Gasteiger partial charge on any atom is -0.354 e. The van der Waals surface area contributed by atoms with Crippen LogP contribution in [0.3, 0.4) is 0 Å². The van der Waals surface area contributed by atoms with Crippen LogP contribution in [-0.2, 0) is 16.0 Å². The Morgan fingerprint density at radius 1 is 1.22 bits per heavy atom. The van der Waals surface area contributed by atoms with Crippen LogP contribution < -0.4 is 5.32 Å². The first kappa shape index (κ1) is 15.9. The average molecular weight is 316 g/mol. The molecular weight excluding hydrogens is 292 g/mol. The number of nitrogens with zero attached hydrogens (tertiary/aromatic N) is 3. The smallest absolute Gasteiger partial charge is 0.242 e. The second-order valence-electron chi connectivity index (χ2n) is 6.57. The molecule has 6 heteroatoms. The first-order valence-corrected chi connectivity index (χ1v) is 8.44. The van der Waals surface area contributed by atoms with Crippen molar-refractivity contribution in [1.29, 1.82) is 0 Å². The van der Waals surface area contributed by atoms with Crippen molar-refractivity contribution in [3.63, 3.8) is 0 Å². The number of nitrogens with one attached hydrogen (secondary N) is 1. The topological polar surface area (TPSA) is 75.2 Å². The van der Waals surface area contributed by atoms with E-state index in [2.05, 4.69) is 15.3 Å². The number of likely N-dealkylation sites (tertiary alicyclic amines) is 1. The maximum Gasteiger partial charge on any atom is 0.242 e. The molecule has 0 radical (unpaired) electrons. The summed E-state index contributed by atoms with van der Waals surface area (Å²) in [5, 5.41) is 2.94. The first-order valence-electron chi connectivity index (χ1n) is 8.44. The van der Waals surface area contributed by atoms with Gasteiger partial charge in [-0.15, -0.1) is 0 Å². The lowest BCUT2D eigenvalue weighted by molar-refractivity contribution is -0.139. The van der Waals surface area contributed by atoms with Gasteiger partial charge in [-0.1, -0.05) is 0 Å².